The number of fused-ring (bicyclic) bond motifs is 1. The molecule has 0 aliphatic carbocycles. The molecule has 102 valence electrons. The van der Waals surface area contributed by atoms with Gasteiger partial charge >= 0.3 is 5.63 Å². The van der Waals surface area contributed by atoms with Gasteiger partial charge in [-0.2, -0.15) is 5.21 Å². The van der Waals surface area contributed by atoms with Crippen LogP contribution in [0.5, 0.6) is 5.75 Å². The van der Waals surface area contributed by atoms with Crippen molar-refractivity contribution in [2.24, 2.45) is 0 Å². The molecule has 0 amide bonds. The lowest BCUT2D eigenvalue weighted by Gasteiger charge is -2.11. The van der Waals surface area contributed by atoms with Crippen LogP contribution >= 0.6 is 0 Å². The van der Waals surface area contributed by atoms with Gasteiger partial charge < -0.3 is 14.3 Å². The molecule has 0 saturated carbocycles. The largest absolute Gasteiger partial charge is 0.488 e. The zero-order valence-corrected chi connectivity index (χ0v) is 11.0. The number of benzene rings is 1. The smallest absolute Gasteiger partial charge is 0.336 e. The van der Waals surface area contributed by atoms with Crippen LogP contribution in [0.15, 0.2) is 27.4 Å². The second-order valence-corrected chi connectivity index (χ2v) is 4.47. The molecular formula is C13H11N4O3-. The fourth-order valence-electron chi connectivity index (χ4n) is 2.05. The molecule has 0 bridgehead atoms. The molecule has 20 heavy (non-hydrogen) atoms. The summed E-state index contributed by atoms with van der Waals surface area (Å²) in [6, 6.07) is 5.12. The van der Waals surface area contributed by atoms with E-state index >= 15 is 0 Å². The number of nitrogens with zero attached hydrogens (tertiary/aromatic N) is 4. The van der Waals surface area contributed by atoms with Gasteiger partial charge in [0.15, 0.2) is 0 Å². The number of ether oxygens (including phenoxy) is 1. The van der Waals surface area contributed by atoms with Gasteiger partial charge in [-0.1, -0.05) is 0 Å². The molecule has 0 atom stereocenters. The van der Waals surface area contributed by atoms with Crippen molar-refractivity contribution in [3.63, 3.8) is 0 Å². The van der Waals surface area contributed by atoms with E-state index in [4.69, 9.17) is 9.15 Å². The second-order valence-electron chi connectivity index (χ2n) is 4.47. The highest BCUT2D eigenvalue weighted by Gasteiger charge is 2.10. The molecule has 0 fully saturated rings. The molecule has 0 radical (unpaired) electrons. The van der Waals surface area contributed by atoms with Crippen LogP contribution in [-0.2, 0) is 6.61 Å². The van der Waals surface area contributed by atoms with Crippen LogP contribution in [0.4, 0.5) is 0 Å². The Labute approximate surface area is 113 Å². The molecule has 7 heteroatoms. The van der Waals surface area contributed by atoms with Crippen LogP contribution in [0.25, 0.3) is 11.0 Å². The quantitative estimate of drug-likeness (QED) is 0.659. The number of rotatable bonds is 3. The van der Waals surface area contributed by atoms with E-state index in [9.17, 15) is 4.79 Å². The molecule has 2 heterocycles. The number of aromatic nitrogens is 4. The molecule has 0 saturated heterocycles. The predicted octanol–water partition coefficient (Wildman–Crippen LogP) is 1.13. The van der Waals surface area contributed by atoms with Gasteiger partial charge in [-0.15, -0.1) is 0 Å². The average Bonchev–Trinajstić information content (AvgIpc) is 2.87. The van der Waals surface area contributed by atoms with Crippen molar-refractivity contribution in [3.05, 3.63) is 45.6 Å². The van der Waals surface area contributed by atoms with E-state index in [0.717, 1.165) is 16.5 Å². The summed E-state index contributed by atoms with van der Waals surface area (Å²) in [5.74, 6) is 1.01. The summed E-state index contributed by atoms with van der Waals surface area (Å²) in [5.41, 5.74) is 1.86. The third-order valence-electron chi connectivity index (χ3n) is 2.87. The standard InChI is InChI=1S/C13H11N4O3/c1-7-3-9(19-6-11-14-16-17-15-11)13-8(2)5-12(18)20-10(13)4-7/h3-5H,6H2,1-2H3/q-1. The minimum Gasteiger partial charge on any atom is -0.488 e. The minimum atomic E-state index is -0.376. The Morgan fingerprint density at radius 1 is 1.30 bits per heavy atom. The highest BCUT2D eigenvalue weighted by molar-refractivity contribution is 5.87. The first kappa shape index (κ1) is 12.3. The summed E-state index contributed by atoms with van der Waals surface area (Å²) in [6.07, 6.45) is 0. The van der Waals surface area contributed by atoms with Gasteiger partial charge in [0.05, 0.1) is 5.39 Å². The lowest BCUT2D eigenvalue weighted by atomic mass is 10.1. The number of hydrogen-bond donors (Lipinski definition) is 0. The molecule has 1 aromatic carbocycles. The highest BCUT2D eigenvalue weighted by Crippen LogP contribution is 2.29. The van der Waals surface area contributed by atoms with E-state index in [2.05, 4.69) is 20.6 Å². The fourth-order valence-corrected chi connectivity index (χ4v) is 2.05. The Bertz CT molecular complexity index is 808. The van der Waals surface area contributed by atoms with E-state index in [1.54, 1.807) is 6.07 Å². The van der Waals surface area contributed by atoms with E-state index in [1.807, 2.05) is 19.9 Å². The van der Waals surface area contributed by atoms with Crippen molar-refractivity contribution in [2.45, 2.75) is 20.5 Å². The molecule has 3 aromatic rings. The molecular weight excluding hydrogens is 260 g/mol. The Balaban J connectivity index is 2.07. The summed E-state index contributed by atoms with van der Waals surface area (Å²) in [6.45, 7) is 3.89. The maximum Gasteiger partial charge on any atom is 0.336 e. The Hall–Kier alpha value is -2.70. The molecule has 0 unspecified atom stereocenters. The summed E-state index contributed by atoms with van der Waals surface area (Å²) in [7, 11) is 0. The third kappa shape index (κ3) is 2.25. The predicted molar refractivity (Wildman–Crippen MR) is 69.4 cm³/mol. The molecule has 2 aromatic heterocycles. The number of hydrogen-bond acceptors (Lipinski definition) is 6. The zero-order chi connectivity index (χ0) is 14.1. The van der Waals surface area contributed by atoms with Crippen molar-refractivity contribution >= 4 is 11.0 Å². The van der Waals surface area contributed by atoms with Gasteiger partial charge in [-0.25, -0.2) is 4.79 Å². The third-order valence-corrected chi connectivity index (χ3v) is 2.87. The fraction of sp³-hybridized carbons (Fsp3) is 0.231. The van der Waals surface area contributed by atoms with Gasteiger partial charge in [0, 0.05) is 11.9 Å². The van der Waals surface area contributed by atoms with Gasteiger partial charge in [-0.3, -0.25) is 10.3 Å². The van der Waals surface area contributed by atoms with Crippen molar-refractivity contribution < 1.29 is 9.15 Å². The first-order valence-corrected chi connectivity index (χ1v) is 5.99. The monoisotopic (exact) mass is 271 g/mol. The molecule has 7 nitrogen and oxygen atoms in total. The second kappa shape index (κ2) is 4.76. The van der Waals surface area contributed by atoms with Crippen LogP contribution < -0.4 is 15.5 Å². The number of aryl methyl sites for hydroxylation is 2. The van der Waals surface area contributed by atoms with Crippen LogP contribution in [0.3, 0.4) is 0 Å². The first-order chi connectivity index (χ1) is 9.63. The summed E-state index contributed by atoms with van der Waals surface area (Å²) in [4.78, 5) is 11.4. The lowest BCUT2D eigenvalue weighted by Crippen LogP contribution is -2.03. The maximum absolute atomic E-state index is 11.4. The SMILES string of the molecule is Cc1cc(OCc2nnn[n-]2)c2c(C)cc(=O)oc2c1. The lowest BCUT2D eigenvalue weighted by molar-refractivity contribution is 0.298. The normalized spacial score (nSPS) is 10.9. The molecule has 0 N–H and O–H groups in total. The molecule has 0 aliphatic heterocycles. The van der Waals surface area contributed by atoms with Crippen molar-refractivity contribution in [3.8, 4) is 5.75 Å². The molecule has 0 spiro atoms. The first-order valence-electron chi connectivity index (χ1n) is 5.99. The minimum absolute atomic E-state index is 0.157. The van der Waals surface area contributed by atoms with Crippen LogP contribution in [0.1, 0.15) is 17.0 Å². The van der Waals surface area contributed by atoms with E-state index < -0.39 is 0 Å². The summed E-state index contributed by atoms with van der Waals surface area (Å²) in [5, 5.41) is 15.0. The van der Waals surface area contributed by atoms with Crippen LogP contribution in [0, 0.1) is 13.8 Å². The van der Waals surface area contributed by atoms with Gasteiger partial charge in [0.25, 0.3) is 0 Å². The van der Waals surface area contributed by atoms with Crippen molar-refractivity contribution in [1.29, 1.82) is 0 Å². The topological polar surface area (TPSA) is 92.2 Å². The van der Waals surface area contributed by atoms with E-state index in [-0.39, 0.29) is 12.2 Å². The average molecular weight is 271 g/mol. The van der Waals surface area contributed by atoms with Crippen LogP contribution in [0.2, 0.25) is 0 Å². The molecule has 3 rings (SSSR count). The highest BCUT2D eigenvalue weighted by atomic mass is 16.5. The van der Waals surface area contributed by atoms with Crippen molar-refractivity contribution in [2.75, 3.05) is 0 Å². The van der Waals surface area contributed by atoms with Gasteiger partial charge in [0.1, 0.15) is 17.9 Å². The number of tetrazole rings is 1. The Morgan fingerprint density at radius 2 is 2.15 bits per heavy atom. The van der Waals surface area contributed by atoms with E-state index in [0.29, 0.717) is 17.2 Å². The Kier molecular flexibility index (Phi) is 2.94. The summed E-state index contributed by atoms with van der Waals surface area (Å²) < 4.78 is 10.9. The van der Waals surface area contributed by atoms with Gasteiger partial charge in [0.2, 0.25) is 0 Å². The summed E-state index contributed by atoms with van der Waals surface area (Å²) >= 11 is 0. The Morgan fingerprint density at radius 3 is 2.90 bits per heavy atom. The van der Waals surface area contributed by atoms with Crippen LogP contribution in [-0.4, -0.2) is 15.5 Å². The van der Waals surface area contributed by atoms with Crippen molar-refractivity contribution in [1.82, 2.24) is 20.6 Å². The molecule has 0 aliphatic rings. The zero-order valence-electron chi connectivity index (χ0n) is 11.0. The van der Waals surface area contributed by atoms with Gasteiger partial charge in [-0.05, 0) is 37.1 Å². The van der Waals surface area contributed by atoms with E-state index in [1.165, 1.54) is 6.07 Å². The maximum atomic E-state index is 11.4.